The Morgan fingerprint density at radius 1 is 1.25 bits per heavy atom. The lowest BCUT2D eigenvalue weighted by Gasteiger charge is -1.93. The van der Waals surface area contributed by atoms with E-state index in [2.05, 4.69) is 23.5 Å². The molecule has 0 aromatic heterocycles. The molecule has 0 heterocycles. The Morgan fingerprint density at radius 3 is 2.75 bits per heavy atom. The lowest BCUT2D eigenvalue weighted by Crippen LogP contribution is -1.97. The average molecular weight is 222 g/mol. The maximum Gasteiger partial charge on any atom is 0.305 e. The summed E-state index contributed by atoms with van der Waals surface area (Å²) in [6, 6.07) is 0. The van der Waals surface area contributed by atoms with Crippen LogP contribution < -0.4 is 0 Å². The van der Waals surface area contributed by atoms with Crippen LogP contribution in [0.15, 0.2) is 12.2 Å². The predicted molar refractivity (Wildman–Crippen MR) is 66.9 cm³/mol. The first-order valence-electron chi connectivity index (χ1n) is 5.98. The Morgan fingerprint density at radius 2 is 2.06 bits per heavy atom. The lowest BCUT2D eigenvalue weighted by atomic mass is 10.2. The molecule has 0 aromatic carbocycles. The Bertz CT molecular complexity index is 256. The van der Waals surface area contributed by atoms with Crippen LogP contribution >= 0.6 is 0 Å². The Hall–Kier alpha value is -1.23. The number of hydrogen-bond acceptors (Lipinski definition) is 2. The van der Waals surface area contributed by atoms with Crippen LogP contribution in [-0.2, 0) is 9.53 Å². The van der Waals surface area contributed by atoms with Crippen molar-refractivity contribution in [3.8, 4) is 11.8 Å². The van der Waals surface area contributed by atoms with E-state index < -0.39 is 0 Å². The largest absolute Gasteiger partial charge is 0.469 e. The van der Waals surface area contributed by atoms with E-state index in [1.807, 2.05) is 12.2 Å². The quantitative estimate of drug-likeness (QED) is 0.285. The molecule has 0 N–H and O–H groups in total. The monoisotopic (exact) mass is 222 g/mol. The van der Waals surface area contributed by atoms with Crippen molar-refractivity contribution in [1.29, 1.82) is 0 Å². The van der Waals surface area contributed by atoms with Crippen LogP contribution in [0.25, 0.3) is 0 Å². The minimum Gasteiger partial charge on any atom is -0.469 e. The number of carbonyl (C=O) groups excluding carboxylic acids is 1. The smallest absolute Gasteiger partial charge is 0.305 e. The summed E-state index contributed by atoms with van der Waals surface area (Å²) in [6.45, 7) is 2.19. The molecule has 0 amide bonds. The zero-order valence-corrected chi connectivity index (χ0v) is 10.4. The fraction of sp³-hybridized carbons (Fsp3) is 0.643. The van der Waals surface area contributed by atoms with Gasteiger partial charge in [-0.2, -0.15) is 0 Å². The van der Waals surface area contributed by atoms with Gasteiger partial charge in [0.05, 0.1) is 7.11 Å². The zero-order valence-electron chi connectivity index (χ0n) is 10.4. The van der Waals surface area contributed by atoms with Crippen molar-refractivity contribution in [2.24, 2.45) is 0 Å². The van der Waals surface area contributed by atoms with Crippen molar-refractivity contribution >= 4 is 5.97 Å². The van der Waals surface area contributed by atoms with Crippen molar-refractivity contribution in [3.63, 3.8) is 0 Å². The predicted octanol–water partition coefficient (Wildman–Crippen LogP) is 3.47. The molecule has 0 aliphatic rings. The third kappa shape index (κ3) is 10.8. The summed E-state index contributed by atoms with van der Waals surface area (Å²) in [5.41, 5.74) is 0. The first-order valence-corrected chi connectivity index (χ1v) is 5.98. The SMILES string of the molecule is CCCCCC#CCC=CCCC(=O)OC. The second-order valence-electron chi connectivity index (χ2n) is 3.60. The van der Waals surface area contributed by atoms with E-state index in [1.54, 1.807) is 0 Å². The van der Waals surface area contributed by atoms with Crippen LogP contribution in [0, 0.1) is 11.8 Å². The zero-order chi connectivity index (χ0) is 12.1. The first kappa shape index (κ1) is 14.8. The third-order valence-electron chi connectivity index (χ3n) is 2.16. The van der Waals surface area contributed by atoms with Crippen LogP contribution in [0.4, 0.5) is 0 Å². The van der Waals surface area contributed by atoms with Gasteiger partial charge in [0.2, 0.25) is 0 Å². The van der Waals surface area contributed by atoms with Gasteiger partial charge in [-0.25, -0.2) is 0 Å². The molecule has 0 aliphatic carbocycles. The molecule has 0 bridgehead atoms. The maximum atomic E-state index is 10.8. The molecule has 16 heavy (non-hydrogen) atoms. The van der Waals surface area contributed by atoms with Crippen molar-refractivity contribution in [3.05, 3.63) is 12.2 Å². The van der Waals surface area contributed by atoms with Gasteiger partial charge in [-0.15, -0.1) is 5.92 Å². The molecule has 90 valence electrons. The highest BCUT2D eigenvalue weighted by atomic mass is 16.5. The van der Waals surface area contributed by atoms with Crippen LogP contribution in [0.5, 0.6) is 0 Å². The molecule has 0 rings (SSSR count). The number of unbranched alkanes of at least 4 members (excludes halogenated alkanes) is 3. The molecular formula is C14H22O2. The number of methoxy groups -OCH3 is 1. The van der Waals surface area contributed by atoms with Crippen LogP contribution in [0.1, 0.15) is 51.9 Å². The molecule has 2 heteroatoms. The fourth-order valence-electron chi connectivity index (χ4n) is 1.19. The first-order chi connectivity index (χ1) is 7.81. The number of esters is 1. The number of ether oxygens (including phenoxy) is 1. The van der Waals surface area contributed by atoms with Crippen molar-refractivity contribution in [2.45, 2.75) is 51.9 Å². The molecule has 0 fully saturated rings. The summed E-state index contributed by atoms with van der Waals surface area (Å²) in [5.74, 6) is 6.07. The number of carbonyl (C=O) groups is 1. The Labute approximate surface area is 99.1 Å². The Kier molecular flexibility index (Phi) is 10.9. The minimum absolute atomic E-state index is 0.157. The average Bonchev–Trinajstić information content (AvgIpc) is 2.31. The van der Waals surface area contributed by atoms with Gasteiger partial charge in [0.25, 0.3) is 0 Å². The molecule has 0 saturated carbocycles. The highest BCUT2D eigenvalue weighted by Gasteiger charge is 1.94. The van der Waals surface area contributed by atoms with E-state index in [-0.39, 0.29) is 5.97 Å². The lowest BCUT2D eigenvalue weighted by molar-refractivity contribution is -0.140. The van der Waals surface area contributed by atoms with E-state index >= 15 is 0 Å². The molecule has 0 radical (unpaired) electrons. The molecule has 0 spiro atoms. The topological polar surface area (TPSA) is 26.3 Å². The van der Waals surface area contributed by atoms with Gasteiger partial charge in [0.1, 0.15) is 0 Å². The van der Waals surface area contributed by atoms with Crippen LogP contribution in [0.2, 0.25) is 0 Å². The van der Waals surface area contributed by atoms with E-state index in [4.69, 9.17) is 0 Å². The van der Waals surface area contributed by atoms with E-state index in [9.17, 15) is 4.79 Å². The standard InChI is InChI=1S/C14H22O2/c1-3-4-5-6-7-8-9-10-11-12-13-14(15)16-2/h10-11H,3-6,9,12-13H2,1-2H3. The summed E-state index contributed by atoms with van der Waals surface area (Å²) in [7, 11) is 1.41. The van der Waals surface area contributed by atoms with Gasteiger partial charge in [0.15, 0.2) is 0 Å². The molecular weight excluding hydrogens is 200 g/mol. The minimum atomic E-state index is -0.157. The van der Waals surface area contributed by atoms with E-state index in [0.717, 1.165) is 19.3 Å². The second kappa shape index (κ2) is 11.8. The number of hydrogen-bond donors (Lipinski definition) is 0. The van der Waals surface area contributed by atoms with Gasteiger partial charge in [-0.3, -0.25) is 4.79 Å². The van der Waals surface area contributed by atoms with Gasteiger partial charge >= 0.3 is 5.97 Å². The van der Waals surface area contributed by atoms with Gasteiger partial charge in [-0.1, -0.05) is 37.8 Å². The van der Waals surface area contributed by atoms with Gasteiger partial charge in [-0.05, 0) is 12.8 Å². The summed E-state index contributed by atoms with van der Waals surface area (Å²) in [6.07, 6.45) is 10.7. The van der Waals surface area contributed by atoms with Crippen molar-refractivity contribution in [1.82, 2.24) is 0 Å². The maximum absolute atomic E-state index is 10.8. The van der Waals surface area contributed by atoms with Crippen LogP contribution in [-0.4, -0.2) is 13.1 Å². The van der Waals surface area contributed by atoms with Gasteiger partial charge < -0.3 is 4.74 Å². The molecule has 0 saturated heterocycles. The van der Waals surface area contributed by atoms with E-state index in [0.29, 0.717) is 6.42 Å². The highest BCUT2D eigenvalue weighted by molar-refractivity contribution is 5.69. The normalized spacial score (nSPS) is 9.88. The molecule has 0 aliphatic heterocycles. The fourth-order valence-corrected chi connectivity index (χ4v) is 1.19. The van der Waals surface area contributed by atoms with Crippen molar-refractivity contribution in [2.75, 3.05) is 7.11 Å². The highest BCUT2D eigenvalue weighted by Crippen LogP contribution is 1.97. The summed E-state index contributed by atoms with van der Waals surface area (Å²) < 4.78 is 4.53. The van der Waals surface area contributed by atoms with Gasteiger partial charge in [0, 0.05) is 19.3 Å². The van der Waals surface area contributed by atoms with Crippen LogP contribution in [0.3, 0.4) is 0 Å². The molecule has 0 aromatic rings. The van der Waals surface area contributed by atoms with E-state index in [1.165, 1.54) is 26.4 Å². The Balaban J connectivity index is 3.36. The summed E-state index contributed by atoms with van der Waals surface area (Å²) >= 11 is 0. The molecule has 0 unspecified atom stereocenters. The summed E-state index contributed by atoms with van der Waals surface area (Å²) in [4.78, 5) is 10.8. The number of rotatable bonds is 7. The molecule has 2 nitrogen and oxygen atoms in total. The number of allylic oxidation sites excluding steroid dienone is 2. The third-order valence-corrected chi connectivity index (χ3v) is 2.16. The second-order valence-corrected chi connectivity index (χ2v) is 3.60. The summed E-state index contributed by atoms with van der Waals surface area (Å²) in [5, 5.41) is 0. The van der Waals surface area contributed by atoms with Crippen molar-refractivity contribution < 1.29 is 9.53 Å². The molecule has 0 atom stereocenters.